The van der Waals surface area contributed by atoms with Gasteiger partial charge in [0.05, 0.1) is 5.69 Å². The van der Waals surface area contributed by atoms with Crippen LogP contribution in [0.1, 0.15) is 18.4 Å². The Bertz CT molecular complexity index is 788. The molecule has 1 aliphatic rings. The number of nitrogens with zero attached hydrogens (tertiary/aromatic N) is 2. The van der Waals surface area contributed by atoms with Gasteiger partial charge in [-0.3, -0.25) is 9.59 Å². The molecule has 0 aliphatic carbocycles. The maximum absolute atomic E-state index is 12.3. The lowest BCUT2D eigenvalue weighted by Crippen LogP contribution is -2.39. The Balaban J connectivity index is 1.61. The fourth-order valence-electron chi connectivity index (χ4n) is 2.56. The zero-order chi connectivity index (χ0) is 17.6. The number of hydrogen-bond acceptors (Lipinski definition) is 3. The summed E-state index contributed by atoms with van der Waals surface area (Å²) in [6.45, 7) is 0.499. The van der Waals surface area contributed by atoms with Crippen LogP contribution >= 0.6 is 11.6 Å². The minimum Gasteiger partial charge on any atom is -0.351 e. The Morgan fingerprint density at radius 1 is 1.08 bits per heavy atom. The molecule has 0 radical (unpaired) electrons. The molecule has 0 saturated carbocycles. The fraction of sp³-hybridized carbons (Fsp3) is 0.211. The number of carbonyl (C=O) groups is 2. The fourth-order valence-corrected chi connectivity index (χ4v) is 2.69. The van der Waals surface area contributed by atoms with E-state index in [9.17, 15) is 9.59 Å². The maximum atomic E-state index is 12.3. The number of rotatable bonds is 5. The molecule has 0 unspecified atom stereocenters. The van der Waals surface area contributed by atoms with E-state index < -0.39 is 0 Å². The molecule has 1 N–H and O–H groups in total. The average Bonchev–Trinajstić information content (AvgIpc) is 2.64. The van der Waals surface area contributed by atoms with E-state index in [4.69, 9.17) is 11.6 Å². The maximum Gasteiger partial charge on any atom is 0.267 e. The summed E-state index contributed by atoms with van der Waals surface area (Å²) in [6, 6.07) is 16.6. The molecule has 128 valence electrons. The Morgan fingerprint density at radius 2 is 1.80 bits per heavy atom. The van der Waals surface area contributed by atoms with Gasteiger partial charge in [-0.15, -0.1) is 0 Å². The first-order valence-corrected chi connectivity index (χ1v) is 8.49. The van der Waals surface area contributed by atoms with Gasteiger partial charge in [-0.1, -0.05) is 41.9 Å². The second-order valence-corrected chi connectivity index (χ2v) is 6.16. The van der Waals surface area contributed by atoms with Crippen LogP contribution in [0.25, 0.3) is 0 Å². The summed E-state index contributed by atoms with van der Waals surface area (Å²) in [7, 11) is 0. The van der Waals surface area contributed by atoms with Crippen molar-refractivity contribution in [3.8, 4) is 0 Å². The number of hydrazone groups is 1. The molecule has 0 fully saturated rings. The van der Waals surface area contributed by atoms with E-state index in [0.717, 1.165) is 5.56 Å². The Kier molecular flexibility index (Phi) is 5.46. The molecule has 1 heterocycles. The van der Waals surface area contributed by atoms with E-state index in [1.54, 1.807) is 12.1 Å². The summed E-state index contributed by atoms with van der Waals surface area (Å²) in [5.74, 6) is -0.341. The minimum atomic E-state index is -0.234. The molecule has 2 aromatic rings. The van der Waals surface area contributed by atoms with Gasteiger partial charge in [-0.2, -0.15) is 5.10 Å². The topological polar surface area (TPSA) is 61.8 Å². The predicted octanol–water partition coefficient (Wildman–Crippen LogP) is 3.18. The molecule has 0 atom stereocenters. The Hall–Kier alpha value is -2.66. The quantitative estimate of drug-likeness (QED) is 0.895. The molecule has 2 aromatic carbocycles. The average molecular weight is 356 g/mol. The predicted molar refractivity (Wildman–Crippen MR) is 98.8 cm³/mol. The number of nitrogens with one attached hydrogen (secondary N) is 1. The molecular formula is C19H18ClN3O2. The molecule has 2 amide bonds. The highest BCUT2D eigenvalue weighted by Crippen LogP contribution is 2.19. The van der Waals surface area contributed by atoms with Crippen LogP contribution in [0.5, 0.6) is 0 Å². The molecule has 0 saturated heterocycles. The molecule has 25 heavy (non-hydrogen) atoms. The second-order valence-electron chi connectivity index (χ2n) is 5.72. The van der Waals surface area contributed by atoms with Crippen LogP contribution in [0.2, 0.25) is 5.02 Å². The molecule has 1 aliphatic heterocycles. The smallest absolute Gasteiger partial charge is 0.267 e. The number of hydrogen-bond donors (Lipinski definition) is 1. The van der Waals surface area contributed by atoms with Crippen molar-refractivity contribution in [2.75, 3.05) is 11.6 Å². The Labute approximate surface area is 151 Å². The third-order valence-electron chi connectivity index (χ3n) is 3.91. The van der Waals surface area contributed by atoms with E-state index >= 15 is 0 Å². The van der Waals surface area contributed by atoms with Crippen molar-refractivity contribution in [2.45, 2.75) is 19.3 Å². The van der Waals surface area contributed by atoms with Gasteiger partial charge in [0.25, 0.3) is 5.91 Å². The molecule has 0 aromatic heterocycles. The van der Waals surface area contributed by atoms with Crippen LogP contribution in [0.3, 0.4) is 0 Å². The molecule has 0 bridgehead atoms. The third-order valence-corrected chi connectivity index (χ3v) is 4.16. The van der Waals surface area contributed by atoms with Crippen LogP contribution < -0.4 is 10.3 Å². The van der Waals surface area contributed by atoms with Gasteiger partial charge in [0.1, 0.15) is 5.71 Å². The van der Waals surface area contributed by atoms with Crippen molar-refractivity contribution in [1.82, 2.24) is 5.32 Å². The zero-order valence-corrected chi connectivity index (χ0v) is 14.4. The number of amides is 2. The van der Waals surface area contributed by atoms with Crippen LogP contribution in [-0.2, 0) is 16.0 Å². The molecular weight excluding hydrogens is 338 g/mol. The number of halogens is 1. The van der Waals surface area contributed by atoms with Gasteiger partial charge in [-0.05, 0) is 36.2 Å². The van der Waals surface area contributed by atoms with E-state index in [1.165, 1.54) is 5.01 Å². The normalized spacial score (nSPS) is 14.2. The minimum absolute atomic E-state index is 0.107. The lowest BCUT2D eigenvalue weighted by Gasteiger charge is -2.23. The van der Waals surface area contributed by atoms with Gasteiger partial charge < -0.3 is 5.32 Å². The zero-order valence-electron chi connectivity index (χ0n) is 13.6. The van der Waals surface area contributed by atoms with Crippen molar-refractivity contribution >= 4 is 34.8 Å². The first-order valence-electron chi connectivity index (χ1n) is 8.11. The summed E-state index contributed by atoms with van der Waals surface area (Å²) < 4.78 is 0. The van der Waals surface area contributed by atoms with Gasteiger partial charge in [0, 0.05) is 24.4 Å². The van der Waals surface area contributed by atoms with Crippen LogP contribution in [0, 0.1) is 0 Å². The summed E-state index contributed by atoms with van der Waals surface area (Å²) in [5.41, 5.74) is 2.13. The molecule has 6 heteroatoms. The van der Waals surface area contributed by atoms with Gasteiger partial charge >= 0.3 is 0 Å². The lowest BCUT2D eigenvalue weighted by molar-refractivity contribution is -0.118. The van der Waals surface area contributed by atoms with Crippen molar-refractivity contribution in [3.05, 3.63) is 65.2 Å². The highest BCUT2D eigenvalue weighted by atomic mass is 35.5. The van der Waals surface area contributed by atoms with Crippen molar-refractivity contribution in [1.29, 1.82) is 0 Å². The summed E-state index contributed by atoms with van der Waals surface area (Å²) in [6.07, 6.45) is 1.34. The van der Waals surface area contributed by atoms with Gasteiger partial charge in [0.15, 0.2) is 0 Å². The van der Waals surface area contributed by atoms with Crippen molar-refractivity contribution in [2.24, 2.45) is 5.10 Å². The number of anilines is 1. The number of carbonyl (C=O) groups excluding carboxylic acids is 2. The number of benzene rings is 2. The van der Waals surface area contributed by atoms with Crippen molar-refractivity contribution < 1.29 is 9.59 Å². The summed E-state index contributed by atoms with van der Waals surface area (Å²) in [4.78, 5) is 24.4. The lowest BCUT2D eigenvalue weighted by atomic mass is 10.1. The first-order chi connectivity index (χ1) is 12.1. The van der Waals surface area contributed by atoms with E-state index in [1.807, 2.05) is 42.5 Å². The summed E-state index contributed by atoms with van der Waals surface area (Å²) in [5, 5.41) is 9.10. The Morgan fingerprint density at radius 3 is 2.52 bits per heavy atom. The first kappa shape index (κ1) is 17.2. The van der Waals surface area contributed by atoms with Gasteiger partial charge in [-0.25, -0.2) is 5.01 Å². The van der Waals surface area contributed by atoms with E-state index in [2.05, 4.69) is 10.4 Å². The van der Waals surface area contributed by atoms with E-state index in [-0.39, 0.29) is 18.2 Å². The highest BCUT2D eigenvalue weighted by molar-refractivity contribution is 6.40. The summed E-state index contributed by atoms with van der Waals surface area (Å²) >= 11 is 5.86. The standard InChI is InChI=1S/C19H18ClN3O2/c20-15-8-6-14(7-9-15)12-13-21-19(25)17-10-11-18(24)23(22-17)16-4-2-1-3-5-16/h1-9H,10-13H2,(H,21,25). The van der Waals surface area contributed by atoms with Crippen LogP contribution in [0.15, 0.2) is 59.7 Å². The molecule has 3 rings (SSSR count). The monoisotopic (exact) mass is 355 g/mol. The molecule has 0 spiro atoms. The molecule has 5 nitrogen and oxygen atoms in total. The van der Waals surface area contributed by atoms with Crippen molar-refractivity contribution in [3.63, 3.8) is 0 Å². The highest BCUT2D eigenvalue weighted by Gasteiger charge is 2.25. The van der Waals surface area contributed by atoms with Crippen LogP contribution in [-0.4, -0.2) is 24.1 Å². The van der Waals surface area contributed by atoms with Gasteiger partial charge in [0.2, 0.25) is 5.91 Å². The van der Waals surface area contributed by atoms with Crippen LogP contribution in [0.4, 0.5) is 5.69 Å². The SMILES string of the molecule is O=C(NCCc1ccc(Cl)cc1)C1=NN(c2ccccc2)C(=O)CC1. The third kappa shape index (κ3) is 4.45. The number of para-hydroxylation sites is 1. The second kappa shape index (κ2) is 7.94. The van der Waals surface area contributed by atoms with E-state index in [0.29, 0.717) is 35.8 Å². The largest absolute Gasteiger partial charge is 0.351 e.